The summed E-state index contributed by atoms with van der Waals surface area (Å²) >= 11 is 0. The number of carbonyl (C=O) groups is 1. The van der Waals surface area contributed by atoms with Crippen molar-refractivity contribution < 1.29 is 27.2 Å². The molecule has 0 rings (SSSR count). The van der Waals surface area contributed by atoms with Crippen LogP contribution in [0.2, 0.25) is 0 Å². The molecule has 0 aliphatic heterocycles. The summed E-state index contributed by atoms with van der Waals surface area (Å²) in [5.41, 5.74) is 0.300. The van der Waals surface area contributed by atoms with Gasteiger partial charge in [-0.3, -0.25) is 4.55 Å². The van der Waals surface area contributed by atoms with Crippen molar-refractivity contribution >= 4 is 16.1 Å². The van der Waals surface area contributed by atoms with Crippen LogP contribution in [0.15, 0.2) is 11.8 Å². The Balaban J connectivity index is 3.82. The second-order valence-corrected chi connectivity index (χ2v) is 4.60. The first-order valence-corrected chi connectivity index (χ1v) is 6.38. The van der Waals surface area contributed by atoms with Gasteiger partial charge in [0.05, 0.1) is 30.8 Å². The van der Waals surface area contributed by atoms with E-state index in [-0.39, 0.29) is 13.0 Å². The van der Waals surface area contributed by atoms with Crippen LogP contribution in [0, 0.1) is 0 Å². The minimum atomic E-state index is -3.99. The standard InChI is InChI=1S/C9H16O6S/c1-3-14-7-8(2)9(10)15-5-4-6-16(11,12)13/h7H,3-6H2,1-2H3,(H,11,12,13)/b8-7+. The SMILES string of the molecule is CCO/C=C(\C)C(=O)OCCCS(=O)(=O)O. The van der Waals surface area contributed by atoms with Crippen LogP contribution in [0.3, 0.4) is 0 Å². The predicted molar refractivity (Wildman–Crippen MR) is 57.4 cm³/mol. The maximum absolute atomic E-state index is 11.2. The van der Waals surface area contributed by atoms with Gasteiger partial charge in [-0.1, -0.05) is 0 Å². The third-order valence-corrected chi connectivity index (χ3v) is 2.33. The van der Waals surface area contributed by atoms with Crippen LogP contribution < -0.4 is 0 Å². The third-order valence-electron chi connectivity index (χ3n) is 1.53. The third kappa shape index (κ3) is 8.25. The summed E-state index contributed by atoms with van der Waals surface area (Å²) < 4.78 is 38.7. The highest BCUT2D eigenvalue weighted by Crippen LogP contribution is 1.99. The molecule has 0 radical (unpaired) electrons. The summed E-state index contributed by atoms with van der Waals surface area (Å²) in [6.07, 6.45) is 1.34. The van der Waals surface area contributed by atoms with Gasteiger partial charge in [-0.2, -0.15) is 8.42 Å². The van der Waals surface area contributed by atoms with E-state index in [2.05, 4.69) is 0 Å². The number of carbonyl (C=O) groups excluding carboxylic acids is 1. The lowest BCUT2D eigenvalue weighted by Gasteiger charge is -2.04. The van der Waals surface area contributed by atoms with Crippen LogP contribution in [0.1, 0.15) is 20.3 Å². The van der Waals surface area contributed by atoms with Crippen molar-refractivity contribution in [1.29, 1.82) is 0 Å². The molecule has 0 aliphatic rings. The highest BCUT2D eigenvalue weighted by atomic mass is 32.2. The highest BCUT2D eigenvalue weighted by molar-refractivity contribution is 7.85. The normalized spacial score (nSPS) is 12.3. The predicted octanol–water partition coefficient (Wildman–Crippen LogP) is 0.748. The summed E-state index contributed by atoms with van der Waals surface area (Å²) in [6, 6.07) is 0. The van der Waals surface area contributed by atoms with E-state index in [1.54, 1.807) is 6.92 Å². The molecule has 0 saturated carbocycles. The van der Waals surface area contributed by atoms with E-state index in [0.717, 1.165) is 0 Å². The van der Waals surface area contributed by atoms with Gasteiger partial charge in [0.1, 0.15) is 0 Å². The fraction of sp³-hybridized carbons (Fsp3) is 0.667. The Morgan fingerprint density at radius 2 is 2.06 bits per heavy atom. The van der Waals surface area contributed by atoms with Crippen molar-refractivity contribution in [3.8, 4) is 0 Å². The average molecular weight is 252 g/mol. The summed E-state index contributed by atoms with van der Waals surface area (Å²) in [5, 5.41) is 0. The van der Waals surface area contributed by atoms with E-state index in [1.807, 2.05) is 0 Å². The smallest absolute Gasteiger partial charge is 0.336 e. The van der Waals surface area contributed by atoms with Gasteiger partial charge in [0, 0.05) is 0 Å². The lowest BCUT2D eigenvalue weighted by Crippen LogP contribution is -2.11. The van der Waals surface area contributed by atoms with E-state index in [1.165, 1.54) is 13.2 Å². The zero-order valence-electron chi connectivity index (χ0n) is 9.30. The number of rotatable bonds is 7. The molecule has 0 heterocycles. The molecule has 0 aliphatic carbocycles. The van der Waals surface area contributed by atoms with Gasteiger partial charge in [-0.25, -0.2) is 4.79 Å². The fourth-order valence-corrected chi connectivity index (χ4v) is 1.26. The molecule has 0 fully saturated rings. The monoisotopic (exact) mass is 252 g/mol. The molecular formula is C9H16O6S. The maximum atomic E-state index is 11.2. The van der Waals surface area contributed by atoms with Crippen LogP contribution in [-0.2, 0) is 24.4 Å². The molecule has 16 heavy (non-hydrogen) atoms. The quantitative estimate of drug-likeness (QED) is 0.236. The lowest BCUT2D eigenvalue weighted by molar-refractivity contribution is -0.139. The van der Waals surface area contributed by atoms with Crippen LogP contribution >= 0.6 is 0 Å². The van der Waals surface area contributed by atoms with Gasteiger partial charge < -0.3 is 9.47 Å². The van der Waals surface area contributed by atoms with Crippen molar-refractivity contribution in [3.63, 3.8) is 0 Å². The van der Waals surface area contributed by atoms with Crippen LogP contribution in [0.25, 0.3) is 0 Å². The molecule has 0 atom stereocenters. The van der Waals surface area contributed by atoms with Crippen molar-refractivity contribution in [1.82, 2.24) is 0 Å². The van der Waals surface area contributed by atoms with E-state index in [4.69, 9.17) is 14.0 Å². The molecule has 0 spiro atoms. The molecule has 0 aromatic carbocycles. The second kappa shape index (κ2) is 7.24. The molecule has 0 aromatic rings. The molecular weight excluding hydrogens is 236 g/mol. The molecule has 94 valence electrons. The topological polar surface area (TPSA) is 89.9 Å². The van der Waals surface area contributed by atoms with Crippen molar-refractivity contribution in [2.24, 2.45) is 0 Å². The number of esters is 1. The van der Waals surface area contributed by atoms with E-state index < -0.39 is 21.8 Å². The van der Waals surface area contributed by atoms with Gasteiger partial charge in [0.25, 0.3) is 10.1 Å². The average Bonchev–Trinajstić information content (AvgIpc) is 2.19. The molecule has 6 nitrogen and oxygen atoms in total. The van der Waals surface area contributed by atoms with Gasteiger partial charge in [0.2, 0.25) is 0 Å². The minimum Gasteiger partial charge on any atom is -0.501 e. The molecule has 0 aromatic heterocycles. The Kier molecular flexibility index (Phi) is 6.75. The summed E-state index contributed by atoms with van der Waals surface area (Å²) in [4.78, 5) is 11.2. The largest absolute Gasteiger partial charge is 0.501 e. The minimum absolute atomic E-state index is 0.0596. The Morgan fingerprint density at radius 3 is 2.56 bits per heavy atom. The molecule has 1 N–H and O–H groups in total. The van der Waals surface area contributed by atoms with Crippen molar-refractivity contribution in [3.05, 3.63) is 11.8 Å². The Bertz CT molecular complexity index is 343. The summed E-state index contributed by atoms with van der Waals surface area (Å²) in [7, 11) is -3.99. The molecule has 0 unspecified atom stereocenters. The van der Waals surface area contributed by atoms with Gasteiger partial charge in [0.15, 0.2) is 0 Å². The molecule has 0 saturated heterocycles. The lowest BCUT2D eigenvalue weighted by atomic mass is 10.3. The first kappa shape index (κ1) is 14.9. The summed E-state index contributed by atoms with van der Waals surface area (Å²) in [6.45, 7) is 3.70. The Labute approximate surface area is 95.0 Å². The molecule has 0 amide bonds. The number of hydrogen-bond acceptors (Lipinski definition) is 5. The number of hydrogen-bond donors (Lipinski definition) is 1. The van der Waals surface area contributed by atoms with E-state index >= 15 is 0 Å². The van der Waals surface area contributed by atoms with Gasteiger partial charge in [-0.05, 0) is 20.3 Å². The fourth-order valence-electron chi connectivity index (χ4n) is 0.776. The van der Waals surface area contributed by atoms with E-state index in [0.29, 0.717) is 12.2 Å². The first-order valence-electron chi connectivity index (χ1n) is 4.77. The second-order valence-electron chi connectivity index (χ2n) is 3.03. The Hall–Kier alpha value is -1.08. The molecule has 7 heteroatoms. The zero-order chi connectivity index (χ0) is 12.6. The van der Waals surface area contributed by atoms with Gasteiger partial charge in [-0.15, -0.1) is 0 Å². The van der Waals surface area contributed by atoms with Crippen molar-refractivity contribution in [2.45, 2.75) is 20.3 Å². The maximum Gasteiger partial charge on any atom is 0.336 e. The van der Waals surface area contributed by atoms with Crippen LogP contribution in [-0.4, -0.2) is 37.9 Å². The Morgan fingerprint density at radius 1 is 1.44 bits per heavy atom. The highest BCUT2D eigenvalue weighted by Gasteiger charge is 2.08. The molecule has 0 bridgehead atoms. The van der Waals surface area contributed by atoms with Crippen LogP contribution in [0.4, 0.5) is 0 Å². The van der Waals surface area contributed by atoms with Crippen LogP contribution in [0.5, 0.6) is 0 Å². The van der Waals surface area contributed by atoms with E-state index in [9.17, 15) is 13.2 Å². The van der Waals surface area contributed by atoms with Crippen molar-refractivity contribution in [2.75, 3.05) is 19.0 Å². The first-order chi connectivity index (χ1) is 7.37. The zero-order valence-corrected chi connectivity index (χ0v) is 10.1. The van der Waals surface area contributed by atoms with Gasteiger partial charge >= 0.3 is 5.97 Å². The summed E-state index contributed by atoms with van der Waals surface area (Å²) in [5.74, 6) is -0.988. The number of ether oxygens (including phenoxy) is 2.